The molecule has 1 fully saturated rings. The van der Waals surface area contributed by atoms with E-state index in [1.54, 1.807) is 12.1 Å². The molecule has 0 aromatic heterocycles. The van der Waals surface area contributed by atoms with Crippen LogP contribution in [0.1, 0.15) is 19.3 Å². The summed E-state index contributed by atoms with van der Waals surface area (Å²) in [4.78, 5) is 0. The maximum absolute atomic E-state index is 13.4. The number of nitrogen functional groups attached to an aromatic ring is 1. The number of nitrogens with one attached hydrogen (secondary N) is 1. The zero-order chi connectivity index (χ0) is 11.4. The number of benzene rings is 1. The highest BCUT2D eigenvalue weighted by molar-refractivity contribution is 5.52. The summed E-state index contributed by atoms with van der Waals surface area (Å²) >= 11 is 0. The highest BCUT2D eigenvalue weighted by atomic mass is 19.1. The van der Waals surface area contributed by atoms with E-state index >= 15 is 0 Å². The average Bonchev–Trinajstić information content (AvgIpc) is 2.29. The van der Waals surface area contributed by atoms with Gasteiger partial charge in [-0.1, -0.05) is 0 Å². The van der Waals surface area contributed by atoms with E-state index in [1.165, 1.54) is 12.5 Å². The van der Waals surface area contributed by atoms with E-state index in [0.29, 0.717) is 17.9 Å². The van der Waals surface area contributed by atoms with Gasteiger partial charge in [0.15, 0.2) is 0 Å². The molecular weight excluding hydrogens is 207 g/mol. The highest BCUT2D eigenvalue weighted by Crippen LogP contribution is 2.18. The van der Waals surface area contributed by atoms with Crippen LogP contribution < -0.4 is 11.1 Å². The van der Waals surface area contributed by atoms with Gasteiger partial charge in [0.05, 0.1) is 11.8 Å². The number of anilines is 2. The van der Waals surface area contributed by atoms with Crippen LogP contribution in [0.5, 0.6) is 0 Å². The fourth-order valence-corrected chi connectivity index (χ4v) is 1.87. The topological polar surface area (TPSA) is 47.3 Å². The minimum atomic E-state index is -0.309. The van der Waals surface area contributed by atoms with Crippen LogP contribution in [-0.2, 0) is 4.74 Å². The predicted molar refractivity (Wildman–Crippen MR) is 62.9 cm³/mol. The molecule has 0 amide bonds. The van der Waals surface area contributed by atoms with Crippen LogP contribution in [0.3, 0.4) is 0 Å². The molecule has 0 aliphatic carbocycles. The minimum absolute atomic E-state index is 0.200. The number of rotatable bonds is 3. The van der Waals surface area contributed by atoms with Crippen molar-refractivity contribution < 1.29 is 9.13 Å². The van der Waals surface area contributed by atoms with Crippen LogP contribution in [0.2, 0.25) is 0 Å². The van der Waals surface area contributed by atoms with Gasteiger partial charge >= 0.3 is 0 Å². The van der Waals surface area contributed by atoms with Crippen molar-refractivity contribution in [3.05, 3.63) is 24.0 Å². The van der Waals surface area contributed by atoms with Crippen LogP contribution in [0, 0.1) is 5.82 Å². The van der Waals surface area contributed by atoms with Gasteiger partial charge in [0, 0.05) is 18.8 Å². The van der Waals surface area contributed by atoms with Gasteiger partial charge in [0.1, 0.15) is 5.82 Å². The second kappa shape index (κ2) is 5.16. The Morgan fingerprint density at radius 2 is 2.31 bits per heavy atom. The molecule has 4 heteroatoms. The standard InChI is InChI=1S/C12H17FN2O/c13-11-7-9(14)4-5-12(11)15-8-10-3-1-2-6-16-10/h4-5,7,10,15H,1-3,6,8,14H2. The van der Waals surface area contributed by atoms with Crippen molar-refractivity contribution in [1.82, 2.24) is 0 Å². The Morgan fingerprint density at radius 1 is 1.44 bits per heavy atom. The molecule has 0 radical (unpaired) electrons. The van der Waals surface area contributed by atoms with Crippen LogP contribution in [0.4, 0.5) is 15.8 Å². The van der Waals surface area contributed by atoms with Crippen molar-refractivity contribution in [2.45, 2.75) is 25.4 Å². The zero-order valence-corrected chi connectivity index (χ0v) is 9.21. The largest absolute Gasteiger partial charge is 0.399 e. The molecular formula is C12H17FN2O. The molecule has 3 N–H and O–H groups in total. The maximum atomic E-state index is 13.4. The molecule has 1 heterocycles. The van der Waals surface area contributed by atoms with Crippen molar-refractivity contribution in [3.8, 4) is 0 Å². The molecule has 88 valence electrons. The number of hydrogen-bond acceptors (Lipinski definition) is 3. The van der Waals surface area contributed by atoms with Crippen LogP contribution in [-0.4, -0.2) is 19.3 Å². The third-order valence-corrected chi connectivity index (χ3v) is 2.79. The van der Waals surface area contributed by atoms with E-state index < -0.39 is 0 Å². The quantitative estimate of drug-likeness (QED) is 0.775. The number of halogens is 1. The van der Waals surface area contributed by atoms with Gasteiger partial charge in [-0.25, -0.2) is 4.39 Å². The van der Waals surface area contributed by atoms with Crippen molar-refractivity contribution in [1.29, 1.82) is 0 Å². The van der Waals surface area contributed by atoms with Crippen molar-refractivity contribution >= 4 is 11.4 Å². The summed E-state index contributed by atoms with van der Waals surface area (Å²) < 4.78 is 19.0. The Labute approximate surface area is 94.8 Å². The van der Waals surface area contributed by atoms with Gasteiger partial charge in [-0.15, -0.1) is 0 Å². The van der Waals surface area contributed by atoms with Crippen LogP contribution in [0.25, 0.3) is 0 Å². The van der Waals surface area contributed by atoms with Gasteiger partial charge < -0.3 is 15.8 Å². The Bertz CT molecular complexity index is 351. The molecule has 2 rings (SSSR count). The predicted octanol–water partition coefficient (Wildman–Crippen LogP) is 2.39. The summed E-state index contributed by atoms with van der Waals surface area (Å²) in [7, 11) is 0. The SMILES string of the molecule is Nc1ccc(NCC2CCCCO2)c(F)c1. The first-order valence-corrected chi connectivity index (χ1v) is 5.66. The fourth-order valence-electron chi connectivity index (χ4n) is 1.87. The van der Waals surface area contributed by atoms with E-state index in [9.17, 15) is 4.39 Å². The van der Waals surface area contributed by atoms with E-state index in [1.807, 2.05) is 0 Å². The second-order valence-corrected chi connectivity index (χ2v) is 4.11. The molecule has 0 spiro atoms. The first-order valence-electron chi connectivity index (χ1n) is 5.66. The molecule has 0 saturated carbocycles. The van der Waals surface area contributed by atoms with Crippen molar-refractivity contribution in [2.24, 2.45) is 0 Å². The van der Waals surface area contributed by atoms with E-state index in [0.717, 1.165) is 19.4 Å². The summed E-state index contributed by atoms with van der Waals surface area (Å²) in [5.74, 6) is -0.309. The third kappa shape index (κ3) is 2.85. The summed E-state index contributed by atoms with van der Waals surface area (Å²) in [6.07, 6.45) is 3.57. The summed E-state index contributed by atoms with van der Waals surface area (Å²) in [5.41, 5.74) is 6.40. The van der Waals surface area contributed by atoms with E-state index in [2.05, 4.69) is 5.32 Å². The van der Waals surface area contributed by atoms with Crippen molar-refractivity contribution in [2.75, 3.05) is 24.2 Å². The lowest BCUT2D eigenvalue weighted by molar-refractivity contribution is 0.0247. The number of hydrogen-bond donors (Lipinski definition) is 2. The lowest BCUT2D eigenvalue weighted by Gasteiger charge is -2.23. The molecule has 1 aliphatic heterocycles. The molecule has 1 aromatic carbocycles. The van der Waals surface area contributed by atoms with Gasteiger partial charge in [0.2, 0.25) is 0 Å². The highest BCUT2D eigenvalue weighted by Gasteiger charge is 2.13. The smallest absolute Gasteiger partial charge is 0.148 e. The molecule has 1 saturated heterocycles. The maximum Gasteiger partial charge on any atom is 0.148 e. The first-order chi connectivity index (χ1) is 7.75. The Balaban J connectivity index is 1.88. The van der Waals surface area contributed by atoms with Crippen LogP contribution >= 0.6 is 0 Å². The Kier molecular flexibility index (Phi) is 3.62. The van der Waals surface area contributed by atoms with Gasteiger partial charge in [-0.3, -0.25) is 0 Å². The number of nitrogens with two attached hydrogens (primary N) is 1. The Hall–Kier alpha value is -1.29. The van der Waals surface area contributed by atoms with Crippen molar-refractivity contribution in [3.63, 3.8) is 0 Å². The fraction of sp³-hybridized carbons (Fsp3) is 0.500. The monoisotopic (exact) mass is 224 g/mol. The molecule has 1 aliphatic rings. The summed E-state index contributed by atoms with van der Waals surface area (Å²) in [5, 5.41) is 3.05. The zero-order valence-electron chi connectivity index (χ0n) is 9.21. The first kappa shape index (κ1) is 11.2. The molecule has 3 nitrogen and oxygen atoms in total. The normalized spacial score (nSPS) is 20.7. The van der Waals surface area contributed by atoms with Crippen LogP contribution in [0.15, 0.2) is 18.2 Å². The lowest BCUT2D eigenvalue weighted by Crippen LogP contribution is -2.27. The molecule has 1 unspecified atom stereocenters. The minimum Gasteiger partial charge on any atom is -0.399 e. The summed E-state index contributed by atoms with van der Waals surface area (Å²) in [6.45, 7) is 1.47. The third-order valence-electron chi connectivity index (χ3n) is 2.79. The number of ether oxygens (including phenoxy) is 1. The van der Waals surface area contributed by atoms with E-state index in [-0.39, 0.29) is 11.9 Å². The van der Waals surface area contributed by atoms with Gasteiger partial charge in [-0.2, -0.15) is 0 Å². The van der Waals surface area contributed by atoms with Gasteiger partial charge in [-0.05, 0) is 37.5 Å². The Morgan fingerprint density at radius 3 is 3.00 bits per heavy atom. The van der Waals surface area contributed by atoms with Gasteiger partial charge in [0.25, 0.3) is 0 Å². The summed E-state index contributed by atoms with van der Waals surface area (Å²) in [6, 6.07) is 4.67. The molecule has 0 bridgehead atoms. The molecule has 1 atom stereocenters. The second-order valence-electron chi connectivity index (χ2n) is 4.11. The van der Waals surface area contributed by atoms with E-state index in [4.69, 9.17) is 10.5 Å². The molecule has 16 heavy (non-hydrogen) atoms. The average molecular weight is 224 g/mol. The lowest BCUT2D eigenvalue weighted by atomic mass is 10.1. The molecule has 1 aromatic rings.